The molecule has 4 heterocycles. The maximum atomic E-state index is 7.01. The van der Waals surface area contributed by atoms with Gasteiger partial charge in [0.2, 0.25) is 0 Å². The first-order chi connectivity index (χ1) is 18.9. The lowest BCUT2D eigenvalue weighted by Crippen LogP contribution is -2.38. The summed E-state index contributed by atoms with van der Waals surface area (Å²) in [5, 5.41) is 5.00. The van der Waals surface area contributed by atoms with Gasteiger partial charge in [0, 0.05) is 42.6 Å². The third-order valence-electron chi connectivity index (χ3n) is 7.88. The van der Waals surface area contributed by atoms with Crippen LogP contribution in [0.2, 0.25) is 5.02 Å². The summed E-state index contributed by atoms with van der Waals surface area (Å²) >= 11 is 13.0. The smallest absolute Gasteiger partial charge is 0.174 e. The summed E-state index contributed by atoms with van der Waals surface area (Å²) in [6.07, 6.45) is 5.22. The number of aromatic nitrogens is 2. The number of nitrogens with one attached hydrogen (secondary N) is 1. The second kappa shape index (κ2) is 10.7. The molecule has 0 bridgehead atoms. The summed E-state index contributed by atoms with van der Waals surface area (Å²) in [5.41, 5.74) is 6.48. The van der Waals surface area contributed by atoms with E-state index in [1.165, 1.54) is 12.0 Å². The lowest BCUT2D eigenvalue weighted by Gasteiger charge is -2.37. The molecule has 4 aromatic rings. The molecular weight excluding hydrogens is 522 g/mol. The van der Waals surface area contributed by atoms with Gasteiger partial charge in [-0.1, -0.05) is 43.6 Å². The Labute approximate surface area is 241 Å². The zero-order chi connectivity index (χ0) is 27.1. The number of benzene rings is 2. The van der Waals surface area contributed by atoms with Crippen LogP contribution in [0.3, 0.4) is 0 Å². The van der Waals surface area contributed by atoms with Gasteiger partial charge < -0.3 is 19.7 Å². The number of rotatable bonds is 5. The van der Waals surface area contributed by atoms with Crippen molar-refractivity contribution in [3.63, 3.8) is 0 Å². The number of hydrogen-bond donors (Lipinski definition) is 1. The molecule has 2 fully saturated rings. The van der Waals surface area contributed by atoms with Crippen LogP contribution in [0.1, 0.15) is 49.3 Å². The highest BCUT2D eigenvalue weighted by molar-refractivity contribution is 7.80. The predicted molar refractivity (Wildman–Crippen MR) is 165 cm³/mol. The zero-order valence-corrected chi connectivity index (χ0v) is 24.2. The molecular formula is C32H34ClN5S. The number of thiocarbonyl (C=S) groups is 1. The van der Waals surface area contributed by atoms with E-state index in [1.807, 2.05) is 18.3 Å². The average Bonchev–Trinajstić information content (AvgIpc) is 3.53. The Morgan fingerprint density at radius 1 is 0.923 bits per heavy atom. The summed E-state index contributed by atoms with van der Waals surface area (Å²) in [4.78, 5) is 9.35. The molecule has 2 saturated heterocycles. The number of nitrogens with zero attached hydrogens (tertiary/aromatic N) is 4. The summed E-state index contributed by atoms with van der Waals surface area (Å²) < 4.78 is 2.25. The Balaban J connectivity index is 1.43. The average molecular weight is 556 g/mol. The van der Waals surface area contributed by atoms with E-state index in [1.54, 1.807) is 0 Å². The van der Waals surface area contributed by atoms with Crippen molar-refractivity contribution in [1.82, 2.24) is 14.9 Å². The van der Waals surface area contributed by atoms with Crippen LogP contribution in [-0.2, 0) is 0 Å². The second-order valence-corrected chi connectivity index (χ2v) is 11.9. The number of hydrogen-bond acceptors (Lipinski definition) is 3. The topological polar surface area (TPSA) is 36.3 Å². The van der Waals surface area contributed by atoms with Crippen molar-refractivity contribution in [3.8, 4) is 5.69 Å². The molecule has 6 rings (SSSR count). The summed E-state index contributed by atoms with van der Waals surface area (Å²) in [7, 11) is 0. The summed E-state index contributed by atoms with van der Waals surface area (Å²) in [6.45, 7) is 8.83. The van der Waals surface area contributed by atoms with Crippen LogP contribution in [0.15, 0.2) is 85.2 Å². The van der Waals surface area contributed by atoms with Gasteiger partial charge in [-0.3, -0.25) is 4.98 Å². The lowest BCUT2D eigenvalue weighted by atomic mass is 9.91. The molecule has 39 heavy (non-hydrogen) atoms. The molecule has 2 aromatic carbocycles. The molecule has 0 saturated carbocycles. The van der Waals surface area contributed by atoms with E-state index in [0.717, 1.165) is 46.6 Å². The molecule has 0 radical (unpaired) electrons. The molecule has 0 amide bonds. The van der Waals surface area contributed by atoms with Gasteiger partial charge >= 0.3 is 0 Å². The van der Waals surface area contributed by atoms with Gasteiger partial charge in [-0.25, -0.2) is 0 Å². The molecule has 5 nitrogen and oxygen atoms in total. The summed E-state index contributed by atoms with van der Waals surface area (Å²) in [5.74, 6) is 1.30. The largest absolute Gasteiger partial charge is 0.370 e. The zero-order valence-electron chi connectivity index (χ0n) is 22.6. The van der Waals surface area contributed by atoms with E-state index in [9.17, 15) is 0 Å². The predicted octanol–water partition coefficient (Wildman–Crippen LogP) is 7.49. The van der Waals surface area contributed by atoms with Crippen LogP contribution in [-0.4, -0.2) is 27.8 Å². The lowest BCUT2D eigenvalue weighted by molar-refractivity contribution is 0.357. The fraction of sp³-hybridized carbons (Fsp3) is 0.312. The number of halogens is 1. The second-order valence-electron chi connectivity index (χ2n) is 11.1. The number of aryl methyl sites for hydroxylation is 1. The third-order valence-corrected chi connectivity index (χ3v) is 8.50. The fourth-order valence-electron chi connectivity index (χ4n) is 6.34. The monoisotopic (exact) mass is 555 g/mol. The molecule has 4 atom stereocenters. The van der Waals surface area contributed by atoms with Crippen LogP contribution in [0, 0.1) is 18.8 Å². The van der Waals surface area contributed by atoms with Gasteiger partial charge in [0.1, 0.15) is 6.04 Å². The van der Waals surface area contributed by atoms with Crippen molar-refractivity contribution in [2.24, 2.45) is 11.8 Å². The molecule has 2 aliphatic rings. The Bertz CT molecular complexity index is 1470. The van der Waals surface area contributed by atoms with Crippen molar-refractivity contribution in [2.45, 2.75) is 39.3 Å². The number of piperidine rings is 1. The van der Waals surface area contributed by atoms with E-state index >= 15 is 0 Å². The van der Waals surface area contributed by atoms with Gasteiger partial charge in [0.05, 0.1) is 22.4 Å². The molecule has 1 N–H and O–H groups in total. The van der Waals surface area contributed by atoms with E-state index in [0.29, 0.717) is 16.9 Å². The van der Waals surface area contributed by atoms with Crippen LogP contribution in [0.5, 0.6) is 0 Å². The number of anilines is 2. The van der Waals surface area contributed by atoms with Crippen LogP contribution < -0.4 is 15.1 Å². The molecule has 200 valence electrons. The Morgan fingerprint density at radius 3 is 2.46 bits per heavy atom. The molecule has 0 spiro atoms. The Hall–Kier alpha value is -3.35. The van der Waals surface area contributed by atoms with Gasteiger partial charge in [0.25, 0.3) is 0 Å². The van der Waals surface area contributed by atoms with Crippen molar-refractivity contribution < 1.29 is 0 Å². The van der Waals surface area contributed by atoms with Crippen molar-refractivity contribution in [1.29, 1.82) is 0 Å². The van der Waals surface area contributed by atoms with Gasteiger partial charge in [-0.15, -0.1) is 0 Å². The van der Waals surface area contributed by atoms with Gasteiger partial charge in [-0.2, -0.15) is 0 Å². The first-order valence-corrected chi connectivity index (χ1v) is 14.5. The van der Waals surface area contributed by atoms with Crippen molar-refractivity contribution in [3.05, 3.63) is 107 Å². The quantitative estimate of drug-likeness (QED) is 0.258. The minimum atomic E-state index is -0.126. The normalized spacial score (nSPS) is 23.2. The Morgan fingerprint density at radius 2 is 1.74 bits per heavy atom. The molecule has 2 aliphatic heterocycles. The first kappa shape index (κ1) is 25.9. The highest BCUT2D eigenvalue weighted by Crippen LogP contribution is 2.44. The number of pyridine rings is 1. The highest BCUT2D eigenvalue weighted by atomic mass is 35.5. The van der Waals surface area contributed by atoms with Gasteiger partial charge in [-0.05, 0) is 97.6 Å². The highest BCUT2D eigenvalue weighted by Gasteiger charge is 2.42. The SMILES string of the molecule is Cc1cccc(-n2cccc2[C@H]2[C@@H](c3ccccn3)NC(=S)N2c2ccc(N3C[C@H](C)C[C@H](C)C3)c(Cl)c2)c1. The maximum Gasteiger partial charge on any atom is 0.174 e. The summed E-state index contributed by atoms with van der Waals surface area (Å²) in [6, 6.07) is 25.0. The van der Waals surface area contributed by atoms with E-state index in [2.05, 4.69) is 107 Å². The standard InChI is InChI=1S/C32H34ClN5S/c1-21-8-6-9-24(17-21)37-15-7-11-29(37)31-30(27-10-4-5-14-34-27)35-32(39)38(31)25-12-13-28(26(33)18-25)36-19-22(2)16-23(3)20-36/h4-15,17-18,22-23,30-31H,16,19-20H2,1-3H3,(H,35,39)/t22-,23+,30-,31+/m1/s1. The van der Waals surface area contributed by atoms with Gasteiger partial charge in [0.15, 0.2) is 5.11 Å². The van der Waals surface area contributed by atoms with E-state index < -0.39 is 0 Å². The van der Waals surface area contributed by atoms with Crippen molar-refractivity contribution in [2.75, 3.05) is 22.9 Å². The van der Waals surface area contributed by atoms with E-state index in [-0.39, 0.29) is 12.1 Å². The molecule has 2 aromatic heterocycles. The van der Waals surface area contributed by atoms with Crippen LogP contribution >= 0.6 is 23.8 Å². The minimum absolute atomic E-state index is 0.125. The van der Waals surface area contributed by atoms with Crippen LogP contribution in [0.4, 0.5) is 11.4 Å². The molecule has 7 heteroatoms. The Kier molecular flexibility index (Phi) is 7.08. The molecule has 0 aliphatic carbocycles. The molecule has 0 unspecified atom stereocenters. The minimum Gasteiger partial charge on any atom is -0.370 e. The maximum absolute atomic E-state index is 7.01. The van der Waals surface area contributed by atoms with E-state index in [4.69, 9.17) is 28.8 Å². The van der Waals surface area contributed by atoms with Crippen molar-refractivity contribution >= 4 is 40.3 Å². The first-order valence-electron chi connectivity index (χ1n) is 13.7. The van der Waals surface area contributed by atoms with Crippen LogP contribution in [0.25, 0.3) is 5.69 Å². The third kappa shape index (κ3) is 5.04. The fourth-order valence-corrected chi connectivity index (χ4v) is 6.98.